The minimum absolute atomic E-state index is 0.0107. The lowest BCUT2D eigenvalue weighted by Crippen LogP contribution is -2.50. The van der Waals surface area contributed by atoms with Crippen molar-refractivity contribution in [2.45, 2.75) is 52.1 Å². The lowest BCUT2D eigenvalue weighted by Gasteiger charge is -2.33. The monoisotopic (exact) mass is 256 g/mol. The van der Waals surface area contributed by atoms with Crippen LogP contribution in [-0.2, 0) is 9.53 Å². The van der Waals surface area contributed by atoms with E-state index < -0.39 is 0 Å². The number of amides is 1. The van der Waals surface area contributed by atoms with Gasteiger partial charge < -0.3 is 15.8 Å². The van der Waals surface area contributed by atoms with Crippen LogP contribution in [0.15, 0.2) is 0 Å². The molecule has 1 rings (SSSR count). The third-order valence-corrected chi connectivity index (χ3v) is 3.98. The Bertz CT molecular complexity index is 269. The van der Waals surface area contributed by atoms with Crippen LogP contribution in [0.1, 0.15) is 40.0 Å². The number of carbonyl (C=O) groups excluding carboxylic acids is 1. The van der Waals surface area contributed by atoms with Crippen molar-refractivity contribution in [3.63, 3.8) is 0 Å². The van der Waals surface area contributed by atoms with Crippen LogP contribution in [0, 0.1) is 17.8 Å². The minimum Gasteiger partial charge on any atom is -0.383 e. The van der Waals surface area contributed by atoms with Gasteiger partial charge in [0.05, 0.1) is 18.6 Å². The summed E-state index contributed by atoms with van der Waals surface area (Å²) in [5.41, 5.74) is 6.08. The highest BCUT2D eigenvalue weighted by Gasteiger charge is 2.32. The van der Waals surface area contributed by atoms with Crippen molar-refractivity contribution in [1.82, 2.24) is 5.32 Å². The molecule has 4 unspecified atom stereocenters. The van der Waals surface area contributed by atoms with Gasteiger partial charge in [0.25, 0.3) is 0 Å². The van der Waals surface area contributed by atoms with E-state index in [9.17, 15) is 4.79 Å². The minimum atomic E-state index is -0.0353. The van der Waals surface area contributed by atoms with Crippen LogP contribution in [-0.4, -0.2) is 31.7 Å². The van der Waals surface area contributed by atoms with Crippen molar-refractivity contribution < 1.29 is 9.53 Å². The second-order valence-corrected chi connectivity index (χ2v) is 6.00. The number of hydrogen-bond donors (Lipinski definition) is 2. The fraction of sp³-hybridized carbons (Fsp3) is 0.929. The number of methoxy groups -OCH3 is 1. The Morgan fingerprint density at radius 2 is 2.11 bits per heavy atom. The van der Waals surface area contributed by atoms with E-state index in [1.165, 1.54) is 0 Å². The van der Waals surface area contributed by atoms with Gasteiger partial charge in [0.15, 0.2) is 0 Å². The molecular weight excluding hydrogens is 228 g/mol. The molecule has 0 radical (unpaired) electrons. The molecule has 0 aromatic carbocycles. The highest BCUT2D eigenvalue weighted by atomic mass is 16.5. The first-order valence-electron chi connectivity index (χ1n) is 7.00. The molecule has 0 spiro atoms. The van der Waals surface area contributed by atoms with Crippen LogP contribution < -0.4 is 11.1 Å². The molecular formula is C14H28N2O2. The lowest BCUT2D eigenvalue weighted by molar-refractivity contribution is -0.128. The zero-order valence-electron chi connectivity index (χ0n) is 12.1. The normalized spacial score (nSPS) is 30.2. The Morgan fingerprint density at radius 3 is 2.67 bits per heavy atom. The summed E-state index contributed by atoms with van der Waals surface area (Å²) < 4.78 is 5.16. The number of nitrogens with one attached hydrogen (secondary N) is 1. The number of carbonyl (C=O) groups is 1. The van der Waals surface area contributed by atoms with Crippen LogP contribution in [0.4, 0.5) is 0 Å². The molecule has 0 aromatic heterocycles. The van der Waals surface area contributed by atoms with Gasteiger partial charge in [0, 0.05) is 13.2 Å². The summed E-state index contributed by atoms with van der Waals surface area (Å²) in [4.78, 5) is 12.3. The largest absolute Gasteiger partial charge is 0.383 e. The SMILES string of the molecule is COCC(NC(=O)C1CC(C)CCC1N)C(C)C. The molecule has 0 bridgehead atoms. The van der Waals surface area contributed by atoms with E-state index in [-0.39, 0.29) is 23.9 Å². The molecule has 106 valence electrons. The van der Waals surface area contributed by atoms with Gasteiger partial charge in [0.2, 0.25) is 5.91 Å². The highest BCUT2D eigenvalue weighted by Crippen LogP contribution is 2.28. The Labute approximate surface area is 111 Å². The van der Waals surface area contributed by atoms with Crippen molar-refractivity contribution in [3.8, 4) is 0 Å². The molecule has 18 heavy (non-hydrogen) atoms. The van der Waals surface area contributed by atoms with E-state index in [2.05, 4.69) is 26.1 Å². The maximum atomic E-state index is 12.3. The molecule has 4 nitrogen and oxygen atoms in total. The molecule has 4 atom stereocenters. The zero-order chi connectivity index (χ0) is 13.7. The predicted molar refractivity (Wildman–Crippen MR) is 73.1 cm³/mol. The topological polar surface area (TPSA) is 64.3 Å². The van der Waals surface area contributed by atoms with Gasteiger partial charge in [-0.3, -0.25) is 4.79 Å². The summed E-state index contributed by atoms with van der Waals surface area (Å²) in [6.07, 6.45) is 3.00. The maximum Gasteiger partial charge on any atom is 0.224 e. The lowest BCUT2D eigenvalue weighted by atomic mass is 9.78. The summed E-state index contributed by atoms with van der Waals surface area (Å²) >= 11 is 0. The van der Waals surface area contributed by atoms with Gasteiger partial charge in [-0.05, 0) is 31.1 Å². The van der Waals surface area contributed by atoms with E-state index in [0.29, 0.717) is 18.4 Å². The van der Waals surface area contributed by atoms with Gasteiger partial charge in [-0.2, -0.15) is 0 Å². The molecule has 0 aliphatic heterocycles. The Balaban J connectivity index is 2.56. The Kier molecular flexibility index (Phi) is 6.09. The Hall–Kier alpha value is -0.610. The molecule has 1 aliphatic rings. The average Bonchev–Trinajstić information content (AvgIpc) is 2.31. The zero-order valence-corrected chi connectivity index (χ0v) is 12.1. The summed E-state index contributed by atoms with van der Waals surface area (Å²) in [7, 11) is 1.66. The molecule has 0 heterocycles. The first kappa shape index (κ1) is 15.4. The molecule has 1 amide bonds. The summed E-state index contributed by atoms with van der Waals surface area (Å²) in [5, 5.41) is 3.09. The Morgan fingerprint density at radius 1 is 1.44 bits per heavy atom. The highest BCUT2D eigenvalue weighted by molar-refractivity contribution is 5.79. The third kappa shape index (κ3) is 4.25. The van der Waals surface area contributed by atoms with Crippen molar-refractivity contribution in [2.75, 3.05) is 13.7 Å². The van der Waals surface area contributed by atoms with E-state index in [4.69, 9.17) is 10.5 Å². The van der Waals surface area contributed by atoms with Gasteiger partial charge in [-0.25, -0.2) is 0 Å². The second-order valence-electron chi connectivity index (χ2n) is 6.00. The summed E-state index contributed by atoms with van der Waals surface area (Å²) in [6, 6.07) is 0.0866. The van der Waals surface area contributed by atoms with Crippen LogP contribution in [0.2, 0.25) is 0 Å². The van der Waals surface area contributed by atoms with E-state index in [0.717, 1.165) is 19.3 Å². The first-order chi connectivity index (χ1) is 8.45. The molecule has 0 saturated heterocycles. The van der Waals surface area contributed by atoms with E-state index in [1.54, 1.807) is 7.11 Å². The molecule has 1 saturated carbocycles. The van der Waals surface area contributed by atoms with E-state index >= 15 is 0 Å². The molecule has 3 N–H and O–H groups in total. The smallest absolute Gasteiger partial charge is 0.224 e. The molecule has 0 aromatic rings. The molecule has 1 aliphatic carbocycles. The number of hydrogen-bond acceptors (Lipinski definition) is 3. The number of ether oxygens (including phenoxy) is 1. The first-order valence-corrected chi connectivity index (χ1v) is 7.00. The van der Waals surface area contributed by atoms with Gasteiger partial charge in [-0.15, -0.1) is 0 Å². The number of nitrogens with two attached hydrogens (primary N) is 1. The van der Waals surface area contributed by atoms with Gasteiger partial charge in [-0.1, -0.05) is 20.8 Å². The fourth-order valence-electron chi connectivity index (χ4n) is 2.58. The standard InChI is InChI=1S/C14H28N2O2/c1-9(2)13(8-18-4)16-14(17)11-7-10(3)5-6-12(11)15/h9-13H,5-8,15H2,1-4H3,(H,16,17). The molecule has 4 heteroatoms. The summed E-state index contributed by atoms with van der Waals surface area (Å²) in [6.45, 7) is 6.93. The molecule has 1 fully saturated rings. The van der Waals surface area contributed by atoms with Crippen LogP contribution >= 0.6 is 0 Å². The van der Waals surface area contributed by atoms with Crippen LogP contribution in [0.3, 0.4) is 0 Å². The fourth-order valence-corrected chi connectivity index (χ4v) is 2.58. The van der Waals surface area contributed by atoms with Crippen molar-refractivity contribution in [2.24, 2.45) is 23.5 Å². The van der Waals surface area contributed by atoms with Gasteiger partial charge >= 0.3 is 0 Å². The predicted octanol–water partition coefficient (Wildman–Crippen LogP) is 1.54. The third-order valence-electron chi connectivity index (χ3n) is 3.98. The summed E-state index contributed by atoms with van der Waals surface area (Å²) in [5.74, 6) is 1.03. The average molecular weight is 256 g/mol. The van der Waals surface area contributed by atoms with Crippen LogP contribution in [0.25, 0.3) is 0 Å². The number of rotatable bonds is 5. The van der Waals surface area contributed by atoms with Crippen molar-refractivity contribution in [1.29, 1.82) is 0 Å². The maximum absolute atomic E-state index is 12.3. The van der Waals surface area contributed by atoms with E-state index in [1.807, 2.05) is 0 Å². The van der Waals surface area contributed by atoms with Crippen molar-refractivity contribution in [3.05, 3.63) is 0 Å². The second kappa shape index (κ2) is 7.10. The van der Waals surface area contributed by atoms with Gasteiger partial charge in [0.1, 0.15) is 0 Å². The van der Waals surface area contributed by atoms with Crippen molar-refractivity contribution >= 4 is 5.91 Å². The quantitative estimate of drug-likeness (QED) is 0.784. The van der Waals surface area contributed by atoms with Crippen LogP contribution in [0.5, 0.6) is 0 Å².